The summed E-state index contributed by atoms with van der Waals surface area (Å²) in [6.45, 7) is 3.11. The monoisotopic (exact) mass is 467 g/mol. The minimum atomic E-state index is -4.66. The largest absolute Gasteiger partial charge is 0.469 e. The van der Waals surface area contributed by atoms with E-state index in [0.29, 0.717) is 34.0 Å². The zero-order valence-corrected chi connectivity index (χ0v) is 18.7. The Hall–Kier alpha value is -2.27. The Balaban J connectivity index is 2.29. The number of aromatic nitrogens is 2. The smallest absolute Gasteiger partial charge is 0.383 e. The van der Waals surface area contributed by atoms with Gasteiger partial charge in [0.1, 0.15) is 11.6 Å². The van der Waals surface area contributed by atoms with Gasteiger partial charge in [0.25, 0.3) is 0 Å². The number of nitrogen functional groups attached to an aromatic ring is 1. The Kier molecular flexibility index (Phi) is 9.17. The van der Waals surface area contributed by atoms with E-state index in [9.17, 15) is 14.5 Å². The quantitative estimate of drug-likeness (QED) is 0.286. The van der Waals surface area contributed by atoms with Gasteiger partial charge in [0, 0.05) is 28.8 Å². The van der Waals surface area contributed by atoms with E-state index >= 15 is 0 Å². The van der Waals surface area contributed by atoms with Crippen molar-refractivity contribution in [2.24, 2.45) is 0 Å². The summed E-state index contributed by atoms with van der Waals surface area (Å²) in [6, 6.07) is 8.75. The third-order valence-corrected chi connectivity index (χ3v) is 5.84. The lowest BCUT2D eigenvalue weighted by molar-refractivity contribution is -0.116. The van der Waals surface area contributed by atoms with Gasteiger partial charge in [-0.1, -0.05) is 42.1 Å². The maximum Gasteiger partial charge on any atom is 0.469 e. The van der Waals surface area contributed by atoms with Crippen LogP contribution in [-0.2, 0) is 20.4 Å². The second-order valence-electron chi connectivity index (χ2n) is 6.42. The van der Waals surface area contributed by atoms with Crippen LogP contribution in [0.4, 0.5) is 5.82 Å². The predicted molar refractivity (Wildman–Crippen MR) is 116 cm³/mol. The number of phosphoric acid groups is 1. The van der Waals surface area contributed by atoms with Crippen LogP contribution in [0.15, 0.2) is 47.1 Å². The zero-order chi connectivity index (χ0) is 23.0. The van der Waals surface area contributed by atoms with E-state index in [2.05, 4.69) is 14.5 Å². The SMILES string of the molecule is CC(=C(CCOP(=O)(O)O)S[C](O)c1ccccc1)N(C=O)Cc1cnc(C)nc1N. The number of hydrogen-bond acceptors (Lipinski definition) is 8. The molecule has 1 amide bonds. The number of hydrogen-bond donors (Lipinski definition) is 4. The van der Waals surface area contributed by atoms with Gasteiger partial charge < -0.3 is 25.5 Å². The first-order chi connectivity index (χ1) is 14.6. The fourth-order valence-corrected chi connectivity index (χ4v) is 3.80. The highest BCUT2D eigenvalue weighted by Gasteiger charge is 2.20. The highest BCUT2D eigenvalue weighted by Crippen LogP contribution is 2.39. The minimum Gasteiger partial charge on any atom is -0.383 e. The summed E-state index contributed by atoms with van der Waals surface area (Å²) < 4.78 is 15.6. The Labute approximate surface area is 184 Å². The fourth-order valence-electron chi connectivity index (χ4n) is 2.53. The topological polar surface area (TPSA) is 159 Å². The molecule has 0 saturated carbocycles. The van der Waals surface area contributed by atoms with Crippen molar-refractivity contribution in [1.82, 2.24) is 14.9 Å². The number of aryl methyl sites for hydroxylation is 1. The van der Waals surface area contributed by atoms with Crippen LogP contribution in [0.2, 0.25) is 0 Å². The van der Waals surface area contributed by atoms with Crippen LogP contribution in [0.3, 0.4) is 0 Å². The van der Waals surface area contributed by atoms with Crippen molar-refractivity contribution in [2.45, 2.75) is 26.8 Å². The average molecular weight is 467 g/mol. The van der Waals surface area contributed by atoms with Crippen molar-refractivity contribution < 1.29 is 28.8 Å². The number of nitrogens with two attached hydrogens (primary N) is 1. The zero-order valence-electron chi connectivity index (χ0n) is 17.0. The number of rotatable bonds is 11. The normalized spacial score (nSPS) is 12.6. The second kappa shape index (κ2) is 11.4. The summed E-state index contributed by atoms with van der Waals surface area (Å²) in [5, 5.41) is 10.5. The summed E-state index contributed by atoms with van der Waals surface area (Å²) in [5.41, 5.74) is 7.43. The van der Waals surface area contributed by atoms with Crippen LogP contribution >= 0.6 is 19.6 Å². The first-order valence-corrected chi connectivity index (χ1v) is 11.4. The van der Waals surface area contributed by atoms with Crippen LogP contribution in [0.25, 0.3) is 0 Å². The Morgan fingerprint density at radius 2 is 2.00 bits per heavy atom. The van der Waals surface area contributed by atoms with E-state index < -0.39 is 7.82 Å². The maximum atomic E-state index is 11.8. The van der Waals surface area contributed by atoms with Crippen molar-refractivity contribution in [3.8, 4) is 0 Å². The number of aliphatic hydroxyl groups excluding tert-OH is 1. The molecule has 10 nitrogen and oxygen atoms in total. The van der Waals surface area contributed by atoms with Crippen LogP contribution in [-0.4, -0.2) is 42.8 Å². The van der Waals surface area contributed by atoms with Gasteiger partial charge >= 0.3 is 7.82 Å². The molecule has 1 aromatic carbocycles. The number of aliphatic hydroxyl groups is 1. The molecule has 0 spiro atoms. The number of anilines is 1. The molecule has 0 aliphatic carbocycles. The molecule has 0 unspecified atom stereocenters. The van der Waals surface area contributed by atoms with Crippen LogP contribution in [0, 0.1) is 12.4 Å². The van der Waals surface area contributed by atoms with Crippen molar-refractivity contribution in [3.63, 3.8) is 0 Å². The first kappa shape index (κ1) is 25.0. The van der Waals surface area contributed by atoms with Gasteiger partial charge in [-0.2, -0.15) is 0 Å². The highest BCUT2D eigenvalue weighted by molar-refractivity contribution is 8.05. The molecule has 0 bridgehead atoms. The Bertz CT molecular complexity index is 969. The third-order valence-electron chi connectivity index (χ3n) is 4.15. The number of carbonyl (C=O) groups is 1. The van der Waals surface area contributed by atoms with E-state index in [1.54, 1.807) is 44.2 Å². The van der Waals surface area contributed by atoms with Crippen LogP contribution in [0.1, 0.15) is 30.3 Å². The lowest BCUT2D eigenvalue weighted by atomic mass is 10.2. The molecular weight excluding hydrogens is 443 g/mol. The molecule has 5 N–H and O–H groups in total. The summed E-state index contributed by atoms with van der Waals surface area (Å²) >= 11 is 0.973. The standard InChI is InChI=1S/C19H24N4O6PS/c1-13(23(12-24)11-16-10-21-14(2)22-18(16)20)17(8-9-29-30(26,27)28)31-19(25)15-6-4-3-5-7-15/h3-7,10,12,25H,8-9,11H2,1-2H3,(H2,20,21,22)(H2,26,27,28). The number of thioether (sulfide) groups is 1. The van der Waals surface area contributed by atoms with E-state index in [-0.39, 0.29) is 30.8 Å². The number of nitrogens with zero attached hydrogens (tertiary/aromatic N) is 3. The molecule has 2 aromatic rings. The van der Waals surface area contributed by atoms with E-state index in [1.165, 1.54) is 11.1 Å². The predicted octanol–water partition coefficient (Wildman–Crippen LogP) is 2.70. The molecular formula is C19H24N4O6PS. The summed E-state index contributed by atoms with van der Waals surface area (Å²) in [5.74, 6) is 0.740. The van der Waals surface area contributed by atoms with Gasteiger partial charge in [-0.05, 0) is 19.4 Å². The van der Waals surface area contributed by atoms with Gasteiger partial charge in [-0.25, -0.2) is 14.5 Å². The van der Waals surface area contributed by atoms with Gasteiger partial charge in [-0.15, -0.1) is 0 Å². The molecule has 0 saturated heterocycles. The minimum absolute atomic E-state index is 0.0323. The molecule has 1 heterocycles. The van der Waals surface area contributed by atoms with Gasteiger partial charge in [0.05, 0.1) is 13.2 Å². The van der Waals surface area contributed by atoms with Gasteiger partial charge in [-0.3, -0.25) is 9.32 Å². The van der Waals surface area contributed by atoms with E-state index in [0.717, 1.165) is 11.8 Å². The second-order valence-corrected chi connectivity index (χ2v) is 8.74. The molecule has 0 aliphatic heterocycles. The molecule has 0 fully saturated rings. The molecule has 1 aromatic heterocycles. The van der Waals surface area contributed by atoms with Crippen molar-refractivity contribution in [1.29, 1.82) is 0 Å². The Morgan fingerprint density at radius 3 is 2.58 bits per heavy atom. The molecule has 0 aliphatic rings. The molecule has 0 atom stereocenters. The number of carbonyl (C=O) groups excluding carboxylic acids is 1. The third kappa shape index (κ3) is 8.06. The molecule has 31 heavy (non-hydrogen) atoms. The van der Waals surface area contributed by atoms with Gasteiger partial charge in [0.15, 0.2) is 5.44 Å². The number of phosphoric ester groups is 1. The molecule has 12 heteroatoms. The Morgan fingerprint density at radius 1 is 1.32 bits per heavy atom. The molecule has 2 rings (SSSR count). The van der Waals surface area contributed by atoms with Gasteiger partial charge in [0.2, 0.25) is 6.41 Å². The van der Waals surface area contributed by atoms with Crippen molar-refractivity contribution in [3.05, 3.63) is 69.5 Å². The van der Waals surface area contributed by atoms with E-state index in [4.69, 9.17) is 15.5 Å². The fraction of sp³-hybridized carbons (Fsp3) is 0.263. The highest BCUT2D eigenvalue weighted by atomic mass is 32.2. The average Bonchev–Trinajstić information content (AvgIpc) is 2.71. The van der Waals surface area contributed by atoms with Crippen molar-refractivity contribution in [2.75, 3.05) is 12.3 Å². The lowest BCUT2D eigenvalue weighted by Gasteiger charge is -2.23. The summed E-state index contributed by atoms with van der Waals surface area (Å²) in [4.78, 5) is 39.7. The summed E-state index contributed by atoms with van der Waals surface area (Å²) in [6.07, 6.45) is 2.17. The van der Waals surface area contributed by atoms with Crippen LogP contribution < -0.4 is 5.73 Å². The number of benzene rings is 1. The van der Waals surface area contributed by atoms with Crippen molar-refractivity contribution >= 4 is 31.8 Å². The lowest BCUT2D eigenvalue weighted by Crippen LogP contribution is -2.22. The summed E-state index contributed by atoms with van der Waals surface area (Å²) in [7, 11) is -4.66. The number of amides is 1. The molecule has 1 radical (unpaired) electrons. The van der Waals surface area contributed by atoms with E-state index in [1.807, 2.05) is 0 Å². The first-order valence-electron chi connectivity index (χ1n) is 9.09. The maximum absolute atomic E-state index is 11.8. The molecule has 167 valence electrons. The number of allylic oxidation sites excluding steroid dienone is 1. The van der Waals surface area contributed by atoms with Crippen LogP contribution in [0.5, 0.6) is 0 Å².